The van der Waals surface area contributed by atoms with Crippen molar-refractivity contribution in [3.63, 3.8) is 0 Å². The number of unbranched alkanes of at least 4 members (excludes halogenated alkanes) is 1. The molecule has 2 heterocycles. The SMILES string of the molecule is COC(=O)Cc1nnc(CCCCc2ccccn2)s1. The predicted molar refractivity (Wildman–Crippen MR) is 76.5 cm³/mol. The van der Waals surface area contributed by atoms with Gasteiger partial charge in [-0.2, -0.15) is 0 Å². The molecular formula is C14H17N3O2S. The van der Waals surface area contributed by atoms with Crippen LogP contribution in [-0.4, -0.2) is 28.3 Å². The summed E-state index contributed by atoms with van der Waals surface area (Å²) >= 11 is 1.48. The van der Waals surface area contributed by atoms with Crippen LogP contribution < -0.4 is 0 Å². The van der Waals surface area contributed by atoms with E-state index in [1.807, 2.05) is 24.4 Å². The summed E-state index contributed by atoms with van der Waals surface area (Å²) in [6.07, 6.45) is 6.02. The summed E-state index contributed by atoms with van der Waals surface area (Å²) < 4.78 is 4.60. The highest BCUT2D eigenvalue weighted by Crippen LogP contribution is 2.14. The van der Waals surface area contributed by atoms with Crippen LogP contribution in [0.2, 0.25) is 0 Å². The van der Waals surface area contributed by atoms with E-state index < -0.39 is 0 Å². The highest BCUT2D eigenvalue weighted by Gasteiger charge is 2.09. The maximum Gasteiger partial charge on any atom is 0.312 e. The van der Waals surface area contributed by atoms with Crippen LogP contribution in [0.5, 0.6) is 0 Å². The van der Waals surface area contributed by atoms with E-state index in [0.29, 0.717) is 0 Å². The van der Waals surface area contributed by atoms with E-state index >= 15 is 0 Å². The maximum absolute atomic E-state index is 11.1. The van der Waals surface area contributed by atoms with Crippen LogP contribution >= 0.6 is 11.3 Å². The van der Waals surface area contributed by atoms with Crippen LogP contribution in [-0.2, 0) is 28.8 Å². The van der Waals surface area contributed by atoms with Gasteiger partial charge in [0, 0.05) is 18.3 Å². The second-order valence-corrected chi connectivity index (χ2v) is 5.52. The molecule has 106 valence electrons. The summed E-state index contributed by atoms with van der Waals surface area (Å²) in [5.74, 6) is -0.275. The minimum absolute atomic E-state index is 0.210. The molecule has 0 radical (unpaired) electrons. The average molecular weight is 291 g/mol. The zero-order chi connectivity index (χ0) is 14.2. The zero-order valence-electron chi connectivity index (χ0n) is 11.4. The molecule has 0 fully saturated rings. The Hall–Kier alpha value is -1.82. The Morgan fingerprint density at radius 1 is 1.20 bits per heavy atom. The van der Waals surface area contributed by atoms with E-state index in [1.54, 1.807) is 0 Å². The Balaban J connectivity index is 1.70. The molecule has 0 bridgehead atoms. The first-order chi connectivity index (χ1) is 9.78. The number of hydrogen-bond acceptors (Lipinski definition) is 6. The maximum atomic E-state index is 11.1. The number of ether oxygens (including phenoxy) is 1. The van der Waals surface area contributed by atoms with Crippen molar-refractivity contribution in [1.29, 1.82) is 0 Å². The number of hydrogen-bond donors (Lipinski definition) is 0. The number of methoxy groups -OCH3 is 1. The molecule has 20 heavy (non-hydrogen) atoms. The molecule has 5 nitrogen and oxygen atoms in total. The number of aromatic nitrogens is 3. The molecule has 0 N–H and O–H groups in total. The smallest absolute Gasteiger partial charge is 0.312 e. The first kappa shape index (κ1) is 14.6. The van der Waals surface area contributed by atoms with Crippen LogP contribution in [0.3, 0.4) is 0 Å². The van der Waals surface area contributed by atoms with Gasteiger partial charge in [-0.05, 0) is 31.4 Å². The third kappa shape index (κ3) is 4.70. The molecule has 6 heteroatoms. The molecule has 2 aromatic heterocycles. The van der Waals surface area contributed by atoms with Crippen molar-refractivity contribution in [3.8, 4) is 0 Å². The number of carbonyl (C=O) groups excluding carboxylic acids is 1. The molecule has 0 unspecified atom stereocenters. The van der Waals surface area contributed by atoms with Crippen molar-refractivity contribution in [1.82, 2.24) is 15.2 Å². The summed E-state index contributed by atoms with van der Waals surface area (Å²) in [5.41, 5.74) is 1.12. The number of esters is 1. The second kappa shape index (κ2) is 7.69. The summed E-state index contributed by atoms with van der Waals surface area (Å²) in [6.45, 7) is 0. The van der Waals surface area contributed by atoms with Gasteiger partial charge in [-0.1, -0.05) is 6.07 Å². The Labute approximate surface area is 122 Å². The molecule has 0 aliphatic carbocycles. The summed E-state index contributed by atoms with van der Waals surface area (Å²) in [7, 11) is 1.38. The third-order valence-electron chi connectivity index (χ3n) is 2.83. The molecule has 2 rings (SSSR count). The molecular weight excluding hydrogens is 274 g/mol. The van der Waals surface area contributed by atoms with E-state index in [4.69, 9.17) is 0 Å². The topological polar surface area (TPSA) is 65.0 Å². The van der Waals surface area contributed by atoms with Crippen LogP contribution in [0.4, 0.5) is 0 Å². The fraction of sp³-hybridized carbons (Fsp3) is 0.429. The molecule has 0 saturated carbocycles. The van der Waals surface area contributed by atoms with Gasteiger partial charge in [0.1, 0.15) is 10.0 Å². The lowest BCUT2D eigenvalue weighted by atomic mass is 10.1. The Morgan fingerprint density at radius 3 is 2.75 bits per heavy atom. The number of aryl methyl sites for hydroxylation is 2. The number of carbonyl (C=O) groups is 1. The van der Waals surface area contributed by atoms with Crippen LogP contribution in [0.25, 0.3) is 0 Å². The highest BCUT2D eigenvalue weighted by molar-refractivity contribution is 7.11. The Kier molecular flexibility index (Phi) is 5.61. The number of rotatable bonds is 7. The normalized spacial score (nSPS) is 10.4. The van der Waals surface area contributed by atoms with Crippen molar-refractivity contribution in [2.24, 2.45) is 0 Å². The zero-order valence-corrected chi connectivity index (χ0v) is 12.2. The molecule has 0 saturated heterocycles. The summed E-state index contributed by atoms with van der Waals surface area (Å²) in [6, 6.07) is 5.97. The predicted octanol–water partition coefficient (Wildman–Crippen LogP) is 2.21. The molecule has 0 aliphatic rings. The minimum atomic E-state index is -0.275. The molecule has 0 atom stereocenters. The van der Waals surface area contributed by atoms with Gasteiger partial charge in [0.25, 0.3) is 0 Å². The lowest BCUT2D eigenvalue weighted by molar-refractivity contribution is -0.139. The van der Waals surface area contributed by atoms with Crippen molar-refractivity contribution < 1.29 is 9.53 Å². The van der Waals surface area contributed by atoms with Gasteiger partial charge in [0.2, 0.25) is 0 Å². The fourth-order valence-corrected chi connectivity index (χ4v) is 2.66. The van der Waals surface area contributed by atoms with Gasteiger partial charge in [-0.25, -0.2) is 0 Å². The molecule has 0 spiro atoms. The van der Waals surface area contributed by atoms with Crippen molar-refractivity contribution >= 4 is 17.3 Å². The number of nitrogens with zero attached hydrogens (tertiary/aromatic N) is 3. The number of pyridine rings is 1. The van der Waals surface area contributed by atoms with Gasteiger partial charge >= 0.3 is 5.97 Å². The van der Waals surface area contributed by atoms with Crippen molar-refractivity contribution in [2.45, 2.75) is 32.1 Å². The van der Waals surface area contributed by atoms with Crippen LogP contribution in [0.1, 0.15) is 28.6 Å². The van der Waals surface area contributed by atoms with E-state index in [9.17, 15) is 4.79 Å². The van der Waals surface area contributed by atoms with Crippen molar-refractivity contribution in [3.05, 3.63) is 40.1 Å². The van der Waals surface area contributed by atoms with Gasteiger partial charge in [-0.3, -0.25) is 9.78 Å². The standard InChI is InChI=1S/C14H17N3O2S/c1-19-14(18)10-13-17-16-12(20-13)8-3-2-6-11-7-4-5-9-15-11/h4-5,7,9H,2-3,6,8,10H2,1H3. The minimum Gasteiger partial charge on any atom is -0.469 e. The Morgan fingerprint density at radius 2 is 2.00 bits per heavy atom. The Bertz CT molecular complexity index is 542. The fourth-order valence-electron chi connectivity index (χ4n) is 1.78. The first-order valence-electron chi connectivity index (χ1n) is 6.56. The van der Waals surface area contributed by atoms with Crippen LogP contribution in [0, 0.1) is 0 Å². The lowest BCUT2D eigenvalue weighted by Gasteiger charge is -1.98. The van der Waals surface area contributed by atoms with Crippen molar-refractivity contribution in [2.75, 3.05) is 7.11 Å². The molecule has 0 aromatic carbocycles. The molecule has 0 amide bonds. The second-order valence-electron chi connectivity index (χ2n) is 4.37. The summed E-state index contributed by atoms with van der Waals surface area (Å²) in [5, 5.41) is 9.79. The van der Waals surface area contributed by atoms with Gasteiger partial charge in [-0.15, -0.1) is 21.5 Å². The largest absolute Gasteiger partial charge is 0.469 e. The van der Waals surface area contributed by atoms with Crippen LogP contribution in [0.15, 0.2) is 24.4 Å². The lowest BCUT2D eigenvalue weighted by Crippen LogP contribution is -2.03. The quantitative estimate of drug-likeness (QED) is 0.578. The van der Waals surface area contributed by atoms with Gasteiger partial charge in [0.05, 0.1) is 13.5 Å². The van der Waals surface area contributed by atoms with E-state index in [1.165, 1.54) is 18.4 Å². The monoisotopic (exact) mass is 291 g/mol. The van der Waals surface area contributed by atoms with E-state index in [0.717, 1.165) is 41.4 Å². The molecule has 2 aromatic rings. The third-order valence-corrected chi connectivity index (χ3v) is 3.81. The van der Waals surface area contributed by atoms with E-state index in [-0.39, 0.29) is 12.4 Å². The molecule has 0 aliphatic heterocycles. The average Bonchev–Trinajstić information content (AvgIpc) is 2.92. The highest BCUT2D eigenvalue weighted by atomic mass is 32.1. The van der Waals surface area contributed by atoms with Gasteiger partial charge in [0.15, 0.2) is 0 Å². The summed E-state index contributed by atoms with van der Waals surface area (Å²) in [4.78, 5) is 15.4. The van der Waals surface area contributed by atoms with E-state index in [2.05, 4.69) is 19.9 Å². The first-order valence-corrected chi connectivity index (χ1v) is 7.37. The van der Waals surface area contributed by atoms with Gasteiger partial charge < -0.3 is 4.74 Å².